The number of rotatable bonds is 8. The SMILES string of the molecule is C[C@H](OC(=O)/C=C/c1ccco1)C(=O)Nc1ccc(OCc2ccccc2)cc1. The Morgan fingerprint density at radius 3 is 2.48 bits per heavy atom. The maximum atomic E-state index is 12.2. The average Bonchev–Trinajstić information content (AvgIpc) is 3.26. The second kappa shape index (κ2) is 9.94. The molecule has 0 unspecified atom stereocenters. The van der Waals surface area contributed by atoms with Crippen LogP contribution in [0.2, 0.25) is 0 Å². The second-order valence-electron chi connectivity index (χ2n) is 6.22. The number of furan rings is 1. The number of amides is 1. The van der Waals surface area contributed by atoms with Crippen molar-refractivity contribution in [2.24, 2.45) is 0 Å². The summed E-state index contributed by atoms with van der Waals surface area (Å²) in [6.07, 6.45) is 3.24. The monoisotopic (exact) mass is 391 g/mol. The molecule has 3 aromatic rings. The summed E-state index contributed by atoms with van der Waals surface area (Å²) in [4.78, 5) is 24.0. The summed E-state index contributed by atoms with van der Waals surface area (Å²) in [5.74, 6) is 0.152. The first-order chi connectivity index (χ1) is 14.1. The van der Waals surface area contributed by atoms with Gasteiger partial charge in [0, 0.05) is 11.8 Å². The van der Waals surface area contributed by atoms with Crippen LogP contribution in [-0.2, 0) is 20.9 Å². The van der Waals surface area contributed by atoms with E-state index in [4.69, 9.17) is 13.9 Å². The predicted octanol–water partition coefficient (Wildman–Crippen LogP) is 4.44. The summed E-state index contributed by atoms with van der Waals surface area (Å²) in [5, 5.41) is 2.70. The van der Waals surface area contributed by atoms with E-state index in [1.807, 2.05) is 30.3 Å². The molecule has 0 saturated carbocycles. The Balaban J connectivity index is 1.46. The van der Waals surface area contributed by atoms with Gasteiger partial charge in [-0.25, -0.2) is 4.79 Å². The normalized spacial score (nSPS) is 11.8. The van der Waals surface area contributed by atoms with Crippen LogP contribution in [0.25, 0.3) is 6.08 Å². The van der Waals surface area contributed by atoms with Crippen LogP contribution in [0.4, 0.5) is 5.69 Å². The summed E-state index contributed by atoms with van der Waals surface area (Å²) in [7, 11) is 0. The fourth-order valence-corrected chi connectivity index (χ4v) is 2.42. The molecule has 6 nitrogen and oxygen atoms in total. The van der Waals surface area contributed by atoms with Crippen LogP contribution in [0.1, 0.15) is 18.2 Å². The minimum absolute atomic E-state index is 0.428. The van der Waals surface area contributed by atoms with E-state index in [1.165, 1.54) is 25.3 Å². The van der Waals surface area contributed by atoms with Gasteiger partial charge in [0.05, 0.1) is 6.26 Å². The van der Waals surface area contributed by atoms with E-state index in [9.17, 15) is 9.59 Å². The zero-order valence-corrected chi connectivity index (χ0v) is 15.9. The lowest BCUT2D eigenvalue weighted by atomic mass is 10.2. The number of carbonyl (C=O) groups is 2. The highest BCUT2D eigenvalue weighted by molar-refractivity contribution is 5.96. The highest BCUT2D eigenvalue weighted by atomic mass is 16.5. The van der Waals surface area contributed by atoms with Crippen LogP contribution in [0.15, 0.2) is 83.5 Å². The molecule has 1 atom stereocenters. The number of benzene rings is 2. The summed E-state index contributed by atoms with van der Waals surface area (Å²) in [6.45, 7) is 1.97. The van der Waals surface area contributed by atoms with Gasteiger partial charge in [0.25, 0.3) is 5.91 Å². The standard InChI is InChI=1S/C23H21NO5/c1-17(29-22(25)14-13-20-8-5-15-27-20)23(26)24-19-9-11-21(12-10-19)28-16-18-6-3-2-4-7-18/h2-15,17H,16H2,1H3,(H,24,26)/b14-13+/t17-/m0/s1. The quantitative estimate of drug-likeness (QED) is 0.454. The van der Waals surface area contributed by atoms with E-state index in [0.29, 0.717) is 23.8 Å². The molecule has 0 spiro atoms. The van der Waals surface area contributed by atoms with Crippen LogP contribution in [0, 0.1) is 0 Å². The molecule has 29 heavy (non-hydrogen) atoms. The molecule has 0 aliphatic heterocycles. The lowest BCUT2D eigenvalue weighted by molar-refractivity contribution is -0.148. The maximum Gasteiger partial charge on any atom is 0.331 e. The highest BCUT2D eigenvalue weighted by Gasteiger charge is 2.16. The second-order valence-corrected chi connectivity index (χ2v) is 6.22. The van der Waals surface area contributed by atoms with Crippen molar-refractivity contribution >= 4 is 23.6 Å². The Kier molecular flexibility index (Phi) is 6.84. The van der Waals surface area contributed by atoms with Crippen LogP contribution < -0.4 is 10.1 Å². The molecule has 0 fully saturated rings. The van der Waals surface area contributed by atoms with E-state index < -0.39 is 18.0 Å². The summed E-state index contributed by atoms with van der Waals surface area (Å²) >= 11 is 0. The molecule has 148 valence electrons. The molecule has 1 heterocycles. The minimum atomic E-state index is -0.947. The lowest BCUT2D eigenvalue weighted by Crippen LogP contribution is -2.29. The smallest absolute Gasteiger partial charge is 0.331 e. The average molecular weight is 391 g/mol. The Labute approximate surface area is 168 Å². The maximum absolute atomic E-state index is 12.2. The fourth-order valence-electron chi connectivity index (χ4n) is 2.42. The summed E-state index contributed by atoms with van der Waals surface area (Å²) < 4.78 is 15.9. The molecule has 2 aromatic carbocycles. The van der Waals surface area contributed by atoms with Gasteiger partial charge < -0.3 is 19.2 Å². The van der Waals surface area contributed by atoms with Crippen molar-refractivity contribution in [1.82, 2.24) is 0 Å². The van der Waals surface area contributed by atoms with Gasteiger partial charge in [-0.2, -0.15) is 0 Å². The van der Waals surface area contributed by atoms with Crippen molar-refractivity contribution in [3.63, 3.8) is 0 Å². The first kappa shape index (κ1) is 19.9. The number of esters is 1. The van der Waals surface area contributed by atoms with Crippen molar-refractivity contribution in [3.05, 3.63) is 90.4 Å². The van der Waals surface area contributed by atoms with Gasteiger partial charge in [0.15, 0.2) is 6.10 Å². The number of ether oxygens (including phenoxy) is 2. The van der Waals surface area contributed by atoms with Gasteiger partial charge in [-0.05, 0) is 55.0 Å². The van der Waals surface area contributed by atoms with E-state index in [1.54, 1.807) is 36.4 Å². The number of hydrogen-bond acceptors (Lipinski definition) is 5. The molecule has 1 aromatic heterocycles. The largest absolute Gasteiger partial charge is 0.489 e. The number of carbonyl (C=O) groups excluding carboxylic acids is 2. The van der Waals surface area contributed by atoms with E-state index in [0.717, 1.165) is 5.56 Å². The van der Waals surface area contributed by atoms with Crippen LogP contribution >= 0.6 is 0 Å². The van der Waals surface area contributed by atoms with Crippen LogP contribution in [-0.4, -0.2) is 18.0 Å². The Hall–Kier alpha value is -3.80. The van der Waals surface area contributed by atoms with Crippen molar-refractivity contribution in [2.45, 2.75) is 19.6 Å². The molecule has 0 saturated heterocycles. The third kappa shape index (κ3) is 6.39. The zero-order valence-electron chi connectivity index (χ0n) is 15.9. The third-order valence-corrected chi connectivity index (χ3v) is 3.96. The van der Waals surface area contributed by atoms with Crippen LogP contribution in [0.5, 0.6) is 5.75 Å². The van der Waals surface area contributed by atoms with Crippen molar-refractivity contribution in [2.75, 3.05) is 5.32 Å². The van der Waals surface area contributed by atoms with Crippen molar-refractivity contribution in [1.29, 1.82) is 0 Å². The number of nitrogens with one attached hydrogen (secondary N) is 1. The Morgan fingerprint density at radius 2 is 1.79 bits per heavy atom. The number of hydrogen-bond donors (Lipinski definition) is 1. The molecule has 0 radical (unpaired) electrons. The van der Waals surface area contributed by atoms with Crippen molar-refractivity contribution in [3.8, 4) is 5.75 Å². The number of anilines is 1. The minimum Gasteiger partial charge on any atom is -0.489 e. The predicted molar refractivity (Wildman–Crippen MR) is 109 cm³/mol. The molecular weight excluding hydrogens is 370 g/mol. The molecule has 1 amide bonds. The van der Waals surface area contributed by atoms with E-state index >= 15 is 0 Å². The lowest BCUT2D eigenvalue weighted by Gasteiger charge is -2.13. The molecule has 0 aliphatic rings. The summed E-state index contributed by atoms with van der Waals surface area (Å²) in [6, 6.07) is 20.2. The topological polar surface area (TPSA) is 77.8 Å². The van der Waals surface area contributed by atoms with Gasteiger partial charge in [0.2, 0.25) is 0 Å². The van der Waals surface area contributed by atoms with E-state index in [-0.39, 0.29) is 0 Å². The van der Waals surface area contributed by atoms with Gasteiger partial charge in [0.1, 0.15) is 18.1 Å². The highest BCUT2D eigenvalue weighted by Crippen LogP contribution is 2.17. The van der Waals surface area contributed by atoms with Gasteiger partial charge in [-0.15, -0.1) is 0 Å². The zero-order chi connectivity index (χ0) is 20.5. The first-order valence-electron chi connectivity index (χ1n) is 9.10. The molecule has 6 heteroatoms. The molecule has 3 rings (SSSR count). The van der Waals surface area contributed by atoms with Crippen LogP contribution in [0.3, 0.4) is 0 Å². The molecule has 1 N–H and O–H groups in total. The van der Waals surface area contributed by atoms with Gasteiger partial charge in [-0.3, -0.25) is 4.79 Å². The first-order valence-corrected chi connectivity index (χ1v) is 9.10. The van der Waals surface area contributed by atoms with Gasteiger partial charge >= 0.3 is 5.97 Å². The van der Waals surface area contributed by atoms with Crippen molar-refractivity contribution < 1.29 is 23.5 Å². The van der Waals surface area contributed by atoms with Gasteiger partial charge in [-0.1, -0.05) is 30.3 Å². The Bertz CT molecular complexity index is 947. The molecule has 0 aliphatic carbocycles. The molecular formula is C23H21NO5. The Morgan fingerprint density at radius 1 is 1.03 bits per heavy atom. The summed E-state index contributed by atoms with van der Waals surface area (Å²) in [5.41, 5.74) is 1.65. The van der Waals surface area contributed by atoms with E-state index in [2.05, 4.69) is 5.32 Å². The fraction of sp³-hybridized carbons (Fsp3) is 0.130. The molecule has 0 bridgehead atoms. The third-order valence-electron chi connectivity index (χ3n) is 3.96.